The number of rotatable bonds is 2. The fraction of sp³-hybridized carbons (Fsp3) is 0.556. The number of hydrogen-bond acceptors (Lipinski definition) is 4. The summed E-state index contributed by atoms with van der Waals surface area (Å²) in [5.41, 5.74) is 0.996. The zero-order valence-corrected chi connectivity index (χ0v) is 15.4. The van der Waals surface area contributed by atoms with Crippen molar-refractivity contribution >= 4 is 29.2 Å². The molecule has 136 valence electrons. The van der Waals surface area contributed by atoms with E-state index in [0.29, 0.717) is 28.7 Å². The van der Waals surface area contributed by atoms with Crippen molar-refractivity contribution in [3.05, 3.63) is 23.9 Å². The molecule has 1 unspecified atom stereocenters. The Bertz CT molecular complexity index is 777. The van der Waals surface area contributed by atoms with Gasteiger partial charge in [0.1, 0.15) is 11.3 Å². The number of nitrogens with one attached hydrogen (secondary N) is 1. The number of aromatic nitrogens is 2. The predicted octanol–water partition coefficient (Wildman–Crippen LogP) is 2.45. The molecule has 0 aliphatic carbocycles. The predicted molar refractivity (Wildman–Crippen MR) is 99.3 cm³/mol. The van der Waals surface area contributed by atoms with Gasteiger partial charge in [-0.05, 0) is 38.8 Å². The van der Waals surface area contributed by atoms with Crippen LogP contribution in [0, 0.1) is 0 Å². The summed E-state index contributed by atoms with van der Waals surface area (Å²) in [5.74, 6) is 0.00852. The lowest BCUT2D eigenvalue weighted by Crippen LogP contribution is -2.55. The summed E-state index contributed by atoms with van der Waals surface area (Å²) in [6, 6.07) is 6.55. The molecule has 3 atom stereocenters. The summed E-state index contributed by atoms with van der Waals surface area (Å²) < 4.78 is 1.57. The molecule has 2 bridgehead atoms. The van der Waals surface area contributed by atoms with Crippen LogP contribution in [-0.4, -0.2) is 50.9 Å². The van der Waals surface area contributed by atoms with Crippen molar-refractivity contribution in [3.63, 3.8) is 0 Å². The molecule has 2 saturated heterocycles. The summed E-state index contributed by atoms with van der Waals surface area (Å²) in [6.45, 7) is 0. The SMILES string of the molecule is CN1[C@@H]2CCC[C@H]1CC(NC(=O)c1nn(C)c3c(O)cccc13)C2.Cl. The van der Waals surface area contributed by atoms with Gasteiger partial charge in [0, 0.05) is 30.6 Å². The van der Waals surface area contributed by atoms with Crippen molar-refractivity contribution in [3.8, 4) is 5.75 Å². The number of aryl methyl sites for hydroxylation is 1. The Labute approximate surface area is 153 Å². The maximum atomic E-state index is 12.8. The summed E-state index contributed by atoms with van der Waals surface area (Å²) in [6.07, 6.45) is 5.76. The standard InChI is InChI=1S/C18H24N4O2.ClH/c1-21-12-5-3-6-13(21)10-11(9-12)19-18(24)16-14-7-4-8-15(23)17(14)22(2)20-16;/h4,7-8,11-13,23H,3,5-6,9-10H2,1-2H3,(H,19,24);1H/t11?,12-,13+;. The van der Waals surface area contributed by atoms with E-state index in [0.717, 1.165) is 12.8 Å². The summed E-state index contributed by atoms with van der Waals surface area (Å²) in [4.78, 5) is 15.3. The lowest BCUT2D eigenvalue weighted by Gasteiger charge is -2.47. The number of phenols is 1. The molecule has 2 fully saturated rings. The van der Waals surface area contributed by atoms with Crippen LogP contribution in [0.5, 0.6) is 5.75 Å². The molecule has 7 heteroatoms. The zero-order valence-electron chi connectivity index (χ0n) is 14.6. The van der Waals surface area contributed by atoms with Crippen LogP contribution in [0.3, 0.4) is 0 Å². The first-order valence-electron chi connectivity index (χ1n) is 8.72. The van der Waals surface area contributed by atoms with E-state index in [1.165, 1.54) is 19.3 Å². The van der Waals surface area contributed by atoms with Gasteiger partial charge < -0.3 is 15.3 Å². The van der Waals surface area contributed by atoms with E-state index < -0.39 is 0 Å². The summed E-state index contributed by atoms with van der Waals surface area (Å²) >= 11 is 0. The fourth-order valence-corrected chi connectivity index (χ4v) is 4.47. The van der Waals surface area contributed by atoms with E-state index in [4.69, 9.17) is 0 Å². The van der Waals surface area contributed by atoms with Crippen molar-refractivity contribution < 1.29 is 9.90 Å². The Balaban J connectivity index is 0.00000182. The van der Waals surface area contributed by atoms with Gasteiger partial charge in [-0.1, -0.05) is 18.6 Å². The van der Waals surface area contributed by atoms with Gasteiger partial charge in [-0.2, -0.15) is 5.10 Å². The van der Waals surface area contributed by atoms with Crippen LogP contribution in [0.25, 0.3) is 10.9 Å². The molecular weight excluding hydrogens is 340 g/mol. The maximum Gasteiger partial charge on any atom is 0.272 e. The molecule has 0 radical (unpaired) electrons. The van der Waals surface area contributed by atoms with E-state index in [2.05, 4.69) is 22.4 Å². The van der Waals surface area contributed by atoms with Crippen molar-refractivity contribution in [2.24, 2.45) is 7.05 Å². The Kier molecular flexibility index (Phi) is 4.93. The van der Waals surface area contributed by atoms with Crippen molar-refractivity contribution in [1.29, 1.82) is 0 Å². The number of carbonyl (C=O) groups excluding carboxylic acids is 1. The molecule has 2 N–H and O–H groups in total. The average molecular weight is 365 g/mol. The van der Waals surface area contributed by atoms with Crippen LogP contribution in [0.4, 0.5) is 0 Å². The van der Waals surface area contributed by atoms with Crippen molar-refractivity contribution in [2.45, 2.75) is 50.2 Å². The van der Waals surface area contributed by atoms with Crippen LogP contribution >= 0.6 is 12.4 Å². The number of phenolic OH excluding ortho intramolecular Hbond substituents is 1. The van der Waals surface area contributed by atoms with Crippen LogP contribution in [0.2, 0.25) is 0 Å². The second-order valence-corrected chi connectivity index (χ2v) is 7.19. The molecule has 4 rings (SSSR count). The molecule has 0 spiro atoms. The van der Waals surface area contributed by atoms with Gasteiger partial charge in [0.05, 0.1) is 0 Å². The number of hydrogen-bond donors (Lipinski definition) is 2. The van der Waals surface area contributed by atoms with Crippen LogP contribution < -0.4 is 5.32 Å². The van der Waals surface area contributed by atoms with Gasteiger partial charge in [-0.25, -0.2) is 0 Å². The lowest BCUT2D eigenvalue weighted by molar-refractivity contribution is 0.0462. The summed E-state index contributed by atoms with van der Waals surface area (Å²) in [7, 11) is 3.96. The van der Waals surface area contributed by atoms with Gasteiger partial charge in [0.15, 0.2) is 5.69 Å². The van der Waals surface area contributed by atoms with Gasteiger partial charge in [0.25, 0.3) is 5.91 Å². The molecule has 2 aliphatic rings. The molecule has 0 saturated carbocycles. The normalized spacial score (nSPS) is 26.2. The van der Waals surface area contributed by atoms with Gasteiger partial charge >= 0.3 is 0 Å². The molecule has 6 nitrogen and oxygen atoms in total. The largest absolute Gasteiger partial charge is 0.506 e. The third-order valence-electron chi connectivity index (χ3n) is 5.73. The highest BCUT2D eigenvalue weighted by molar-refractivity contribution is 6.06. The fourth-order valence-electron chi connectivity index (χ4n) is 4.47. The number of carbonyl (C=O) groups is 1. The van der Waals surface area contributed by atoms with Crippen LogP contribution in [0.15, 0.2) is 18.2 Å². The first-order chi connectivity index (χ1) is 11.5. The van der Waals surface area contributed by atoms with E-state index in [-0.39, 0.29) is 30.1 Å². The summed E-state index contributed by atoms with van der Waals surface area (Å²) in [5, 5.41) is 18.2. The van der Waals surface area contributed by atoms with E-state index in [9.17, 15) is 9.90 Å². The number of amides is 1. The highest BCUT2D eigenvalue weighted by Gasteiger charge is 2.36. The number of fused-ring (bicyclic) bond motifs is 3. The van der Waals surface area contributed by atoms with E-state index >= 15 is 0 Å². The topological polar surface area (TPSA) is 70.4 Å². The minimum atomic E-state index is -0.140. The minimum absolute atomic E-state index is 0. The smallest absolute Gasteiger partial charge is 0.272 e. The Morgan fingerprint density at radius 2 is 1.92 bits per heavy atom. The second-order valence-electron chi connectivity index (χ2n) is 7.19. The third-order valence-corrected chi connectivity index (χ3v) is 5.73. The number of halogens is 1. The highest BCUT2D eigenvalue weighted by Crippen LogP contribution is 2.33. The molecular formula is C18H25ClN4O2. The highest BCUT2D eigenvalue weighted by atomic mass is 35.5. The Morgan fingerprint density at radius 1 is 1.24 bits per heavy atom. The van der Waals surface area contributed by atoms with E-state index in [1.807, 2.05) is 6.07 Å². The quantitative estimate of drug-likeness (QED) is 0.858. The number of benzene rings is 1. The van der Waals surface area contributed by atoms with Gasteiger partial charge in [-0.3, -0.25) is 9.48 Å². The molecule has 1 aromatic heterocycles. The molecule has 2 aromatic rings. The molecule has 3 heterocycles. The Morgan fingerprint density at radius 3 is 2.60 bits per heavy atom. The molecule has 1 amide bonds. The van der Waals surface area contributed by atoms with Gasteiger partial charge in [0.2, 0.25) is 0 Å². The number of aromatic hydroxyl groups is 1. The lowest BCUT2D eigenvalue weighted by atomic mass is 9.82. The van der Waals surface area contributed by atoms with Gasteiger partial charge in [-0.15, -0.1) is 12.4 Å². The number of piperidine rings is 2. The average Bonchev–Trinajstić information content (AvgIpc) is 2.87. The van der Waals surface area contributed by atoms with Crippen LogP contribution in [0.1, 0.15) is 42.6 Å². The molecule has 1 aromatic carbocycles. The van der Waals surface area contributed by atoms with E-state index in [1.54, 1.807) is 23.9 Å². The minimum Gasteiger partial charge on any atom is -0.506 e. The molecule has 25 heavy (non-hydrogen) atoms. The Hall–Kier alpha value is -1.79. The molecule has 2 aliphatic heterocycles. The maximum absolute atomic E-state index is 12.8. The first kappa shape index (κ1) is 18.0. The second kappa shape index (κ2) is 6.84. The van der Waals surface area contributed by atoms with Crippen LogP contribution in [-0.2, 0) is 7.05 Å². The first-order valence-corrected chi connectivity index (χ1v) is 8.72. The number of para-hydroxylation sites is 1. The number of nitrogens with zero attached hydrogens (tertiary/aromatic N) is 3. The zero-order chi connectivity index (χ0) is 16.8. The monoisotopic (exact) mass is 364 g/mol. The third kappa shape index (κ3) is 3.09. The van der Waals surface area contributed by atoms with Crippen molar-refractivity contribution in [2.75, 3.05) is 7.05 Å². The van der Waals surface area contributed by atoms with Crippen molar-refractivity contribution in [1.82, 2.24) is 20.0 Å².